The molecule has 0 aliphatic carbocycles. The van der Waals surface area contributed by atoms with Crippen LogP contribution in [0.15, 0.2) is 53.4 Å². The number of hydrogen-bond acceptors (Lipinski definition) is 7. The molecule has 0 aliphatic rings. The SMILES string of the molecule is Cc1cccc(C)c1-c1cc(OC[C@H](N)CC(C)(C)C)nc(NS(=N)(=O)c2cccc(C(=O)O)c2)n1.Cl. The molecule has 1 heterocycles. The van der Waals surface area contributed by atoms with Crippen LogP contribution in [0.4, 0.5) is 5.95 Å². The largest absolute Gasteiger partial charge is 0.478 e. The molecule has 9 nitrogen and oxygen atoms in total. The third-order valence-corrected chi connectivity index (χ3v) is 6.80. The second-order valence-corrected chi connectivity index (χ2v) is 11.8. The van der Waals surface area contributed by atoms with Gasteiger partial charge in [0.05, 0.1) is 16.2 Å². The molecule has 3 rings (SSSR count). The predicted octanol–water partition coefficient (Wildman–Crippen LogP) is 5.46. The van der Waals surface area contributed by atoms with Crippen molar-refractivity contribution in [1.82, 2.24) is 9.97 Å². The number of benzene rings is 2. The highest BCUT2D eigenvalue weighted by molar-refractivity contribution is 7.93. The number of carbonyl (C=O) groups is 1. The Labute approximate surface area is 224 Å². The molecular weight excluding hydrogens is 514 g/mol. The monoisotopic (exact) mass is 547 g/mol. The maximum absolute atomic E-state index is 13.3. The molecule has 2 aromatic carbocycles. The normalized spacial score (nSPS) is 13.7. The maximum atomic E-state index is 13.3. The summed E-state index contributed by atoms with van der Waals surface area (Å²) in [7, 11) is -3.68. The van der Waals surface area contributed by atoms with Crippen molar-refractivity contribution in [3.63, 3.8) is 0 Å². The number of carboxylic acids is 1. The molecule has 0 saturated carbocycles. The van der Waals surface area contributed by atoms with Crippen LogP contribution in [0.3, 0.4) is 0 Å². The second kappa shape index (κ2) is 11.9. The summed E-state index contributed by atoms with van der Waals surface area (Å²) in [5.41, 5.74) is 9.59. The van der Waals surface area contributed by atoms with Gasteiger partial charge in [-0.05, 0) is 55.0 Å². The molecule has 1 aromatic heterocycles. The smallest absolute Gasteiger partial charge is 0.335 e. The number of rotatable bonds is 9. The van der Waals surface area contributed by atoms with E-state index in [0.29, 0.717) is 5.69 Å². The molecule has 11 heteroatoms. The van der Waals surface area contributed by atoms with Gasteiger partial charge in [0.2, 0.25) is 11.8 Å². The van der Waals surface area contributed by atoms with Gasteiger partial charge in [-0.2, -0.15) is 4.98 Å². The van der Waals surface area contributed by atoms with Crippen LogP contribution in [0, 0.1) is 24.0 Å². The van der Waals surface area contributed by atoms with Gasteiger partial charge in [0.15, 0.2) is 9.92 Å². The van der Waals surface area contributed by atoms with Crippen LogP contribution in [0.25, 0.3) is 11.3 Å². The summed E-state index contributed by atoms with van der Waals surface area (Å²) in [6.07, 6.45) is 0.743. The van der Waals surface area contributed by atoms with Crippen molar-refractivity contribution < 1.29 is 18.8 Å². The highest BCUT2D eigenvalue weighted by Crippen LogP contribution is 2.30. The number of halogens is 1. The Morgan fingerprint density at radius 3 is 2.35 bits per heavy atom. The third-order valence-electron chi connectivity index (χ3n) is 5.41. The van der Waals surface area contributed by atoms with Crippen LogP contribution in [0.5, 0.6) is 5.88 Å². The molecule has 0 aliphatic heterocycles. The lowest BCUT2D eigenvalue weighted by Crippen LogP contribution is -2.32. The fourth-order valence-electron chi connectivity index (χ4n) is 3.92. The van der Waals surface area contributed by atoms with Crippen molar-refractivity contribution in [3.8, 4) is 17.1 Å². The number of carboxylic acid groups (broad SMARTS) is 1. The van der Waals surface area contributed by atoms with Gasteiger partial charge in [0.1, 0.15) is 6.61 Å². The van der Waals surface area contributed by atoms with E-state index in [1.54, 1.807) is 6.07 Å². The third kappa shape index (κ3) is 8.14. The Balaban J connectivity index is 0.00000481. The highest BCUT2D eigenvalue weighted by Gasteiger charge is 2.19. The zero-order chi connectivity index (χ0) is 26.7. The number of nitrogens with one attached hydrogen (secondary N) is 2. The molecule has 2 atom stereocenters. The number of nitrogens with zero attached hydrogens (tertiary/aromatic N) is 2. The summed E-state index contributed by atoms with van der Waals surface area (Å²) in [4.78, 5) is 20.2. The van der Waals surface area contributed by atoms with E-state index in [0.717, 1.165) is 23.1 Å². The minimum Gasteiger partial charge on any atom is -0.478 e. The fraction of sp³-hybridized carbons (Fsp3) is 0.346. The summed E-state index contributed by atoms with van der Waals surface area (Å²) >= 11 is 0. The van der Waals surface area contributed by atoms with E-state index < -0.39 is 15.9 Å². The average molecular weight is 548 g/mol. The Hall–Kier alpha value is -3.21. The van der Waals surface area contributed by atoms with E-state index >= 15 is 0 Å². The van der Waals surface area contributed by atoms with E-state index in [4.69, 9.17) is 15.3 Å². The minimum absolute atomic E-state index is 0. The number of anilines is 1. The van der Waals surface area contributed by atoms with E-state index in [1.165, 1.54) is 24.3 Å². The molecule has 37 heavy (non-hydrogen) atoms. The predicted molar refractivity (Wildman–Crippen MR) is 148 cm³/mol. The summed E-state index contributed by atoms with van der Waals surface area (Å²) < 4.78 is 30.2. The number of aryl methyl sites for hydroxylation is 2. The molecular formula is C26H34ClN5O4S. The molecule has 0 saturated heterocycles. The van der Waals surface area contributed by atoms with Gasteiger partial charge in [-0.1, -0.05) is 45.0 Å². The summed E-state index contributed by atoms with van der Waals surface area (Å²) in [6, 6.07) is 12.8. The van der Waals surface area contributed by atoms with Crippen molar-refractivity contribution >= 4 is 34.2 Å². The molecule has 0 fully saturated rings. The number of ether oxygens (including phenoxy) is 1. The van der Waals surface area contributed by atoms with Crippen molar-refractivity contribution in [2.75, 3.05) is 11.3 Å². The van der Waals surface area contributed by atoms with Gasteiger partial charge in [0.25, 0.3) is 0 Å². The molecule has 0 radical (unpaired) electrons. The van der Waals surface area contributed by atoms with Gasteiger partial charge in [0, 0.05) is 17.7 Å². The first-order valence-electron chi connectivity index (χ1n) is 11.5. The second-order valence-electron chi connectivity index (χ2n) is 10.0. The van der Waals surface area contributed by atoms with Crippen LogP contribution in [0.2, 0.25) is 0 Å². The van der Waals surface area contributed by atoms with Crippen LogP contribution in [0.1, 0.15) is 48.7 Å². The fourth-order valence-corrected chi connectivity index (χ4v) is 4.95. The molecule has 200 valence electrons. The zero-order valence-electron chi connectivity index (χ0n) is 21.6. The maximum Gasteiger partial charge on any atom is 0.335 e. The lowest BCUT2D eigenvalue weighted by molar-refractivity contribution is 0.0696. The van der Waals surface area contributed by atoms with Crippen molar-refractivity contribution in [1.29, 1.82) is 4.78 Å². The van der Waals surface area contributed by atoms with Gasteiger partial charge < -0.3 is 15.6 Å². The van der Waals surface area contributed by atoms with E-state index in [2.05, 4.69) is 35.5 Å². The first-order chi connectivity index (χ1) is 16.7. The lowest BCUT2D eigenvalue weighted by Gasteiger charge is -2.23. The molecule has 3 aromatic rings. The molecule has 0 amide bonds. The molecule has 0 bridgehead atoms. The highest BCUT2D eigenvalue weighted by atomic mass is 35.5. The summed E-state index contributed by atoms with van der Waals surface area (Å²) in [5.74, 6) is -1.03. The Morgan fingerprint density at radius 1 is 1.14 bits per heavy atom. The summed E-state index contributed by atoms with van der Waals surface area (Å²) in [6.45, 7) is 10.4. The van der Waals surface area contributed by atoms with E-state index in [-0.39, 0.29) is 52.8 Å². The van der Waals surface area contributed by atoms with Gasteiger partial charge in [-0.25, -0.2) is 18.8 Å². The number of hydrogen-bond donors (Lipinski definition) is 4. The lowest BCUT2D eigenvalue weighted by atomic mass is 9.89. The van der Waals surface area contributed by atoms with Crippen LogP contribution < -0.4 is 15.2 Å². The van der Waals surface area contributed by atoms with Crippen molar-refractivity contribution in [2.24, 2.45) is 11.1 Å². The average Bonchev–Trinajstić information content (AvgIpc) is 2.76. The van der Waals surface area contributed by atoms with E-state index in [1.807, 2.05) is 32.0 Å². The summed E-state index contributed by atoms with van der Waals surface area (Å²) in [5, 5.41) is 9.26. The molecule has 1 unspecified atom stereocenters. The standard InChI is InChI=1S/C26H33N5O4S.ClH/c1-16-8-6-9-17(2)23(16)21-13-22(35-15-19(27)14-26(3,4)5)30-25(29-21)31-36(28,34)20-11-7-10-18(12-20)24(32)33;/h6-13,19H,14-15,27H2,1-5H3,(H,32,33)(H2,28,29,30,31,34);1H/t19-,36?;/m1./s1. The quantitative estimate of drug-likeness (QED) is 0.278. The van der Waals surface area contributed by atoms with E-state index in [9.17, 15) is 14.1 Å². The number of nitrogens with two attached hydrogens (primary N) is 1. The van der Waals surface area contributed by atoms with Gasteiger partial charge in [-0.15, -0.1) is 12.4 Å². The molecule has 5 N–H and O–H groups in total. The number of aromatic carboxylic acids is 1. The number of aromatic nitrogens is 2. The van der Waals surface area contributed by atoms with Crippen LogP contribution in [-0.4, -0.2) is 37.9 Å². The first kappa shape index (κ1) is 30.0. The Kier molecular flexibility index (Phi) is 9.65. The minimum atomic E-state index is -3.68. The Morgan fingerprint density at radius 2 is 1.76 bits per heavy atom. The molecule has 0 spiro atoms. The van der Waals surface area contributed by atoms with Gasteiger partial charge in [-0.3, -0.25) is 4.72 Å². The van der Waals surface area contributed by atoms with Crippen LogP contribution >= 0.6 is 12.4 Å². The Bertz CT molecular complexity index is 1350. The zero-order valence-corrected chi connectivity index (χ0v) is 23.2. The van der Waals surface area contributed by atoms with Gasteiger partial charge >= 0.3 is 5.97 Å². The van der Waals surface area contributed by atoms with Crippen molar-refractivity contribution in [2.45, 2.75) is 52.0 Å². The topological polar surface area (TPSA) is 151 Å². The first-order valence-corrected chi connectivity index (χ1v) is 13.0. The van der Waals surface area contributed by atoms with Crippen LogP contribution in [-0.2, 0) is 9.92 Å². The van der Waals surface area contributed by atoms with Crippen molar-refractivity contribution in [3.05, 3.63) is 65.2 Å².